The number of aromatic nitrogens is 2. The summed E-state index contributed by atoms with van der Waals surface area (Å²) in [6.45, 7) is 1.68. The lowest BCUT2D eigenvalue weighted by molar-refractivity contribution is -0.137. The van der Waals surface area contributed by atoms with Crippen molar-refractivity contribution in [1.82, 2.24) is 20.2 Å². The second-order valence-corrected chi connectivity index (χ2v) is 14.3. The lowest BCUT2D eigenvalue weighted by Crippen LogP contribution is -2.44. The third-order valence-electron chi connectivity index (χ3n) is 8.45. The maximum absolute atomic E-state index is 14.2. The molecule has 13 heteroatoms. The molecule has 41 heavy (non-hydrogen) atoms. The highest BCUT2D eigenvalue weighted by atomic mass is 32.2. The van der Waals surface area contributed by atoms with Crippen LogP contribution in [0.25, 0.3) is 10.6 Å². The van der Waals surface area contributed by atoms with Crippen LogP contribution in [-0.2, 0) is 29.0 Å². The van der Waals surface area contributed by atoms with E-state index in [-0.39, 0.29) is 38.9 Å². The number of rotatable bonds is 5. The number of hydrogen-bond donors (Lipinski definition) is 2. The molecule has 2 aliphatic carbocycles. The molecule has 0 radical (unpaired) electrons. The number of carbonyl (C=O) groups excluding carboxylic acids is 1. The van der Waals surface area contributed by atoms with Crippen LogP contribution in [-0.4, -0.2) is 54.1 Å². The monoisotopic (exact) mass is 603 g/mol. The van der Waals surface area contributed by atoms with Gasteiger partial charge in [0.25, 0.3) is 5.91 Å². The van der Waals surface area contributed by atoms with E-state index in [1.54, 1.807) is 4.90 Å². The highest BCUT2D eigenvalue weighted by Crippen LogP contribution is 2.46. The van der Waals surface area contributed by atoms with Crippen molar-refractivity contribution in [3.8, 4) is 10.6 Å². The zero-order valence-corrected chi connectivity index (χ0v) is 23.7. The zero-order valence-electron chi connectivity index (χ0n) is 22.1. The summed E-state index contributed by atoms with van der Waals surface area (Å²) in [6.07, 6.45) is 1.49. The van der Waals surface area contributed by atoms with Gasteiger partial charge in [-0.05, 0) is 79.8 Å². The summed E-state index contributed by atoms with van der Waals surface area (Å²) in [5.74, 6) is -0.347. The maximum Gasteiger partial charge on any atom is 0.420 e. The first kappa shape index (κ1) is 26.8. The summed E-state index contributed by atoms with van der Waals surface area (Å²) < 4.78 is 68.7. The van der Waals surface area contributed by atoms with Gasteiger partial charge in [-0.3, -0.25) is 4.79 Å². The van der Waals surface area contributed by atoms with Crippen LogP contribution in [0, 0.1) is 0 Å². The molecule has 2 aromatic heterocycles. The van der Waals surface area contributed by atoms with Gasteiger partial charge in [0.15, 0.2) is 9.84 Å². The third kappa shape index (κ3) is 4.91. The third-order valence-corrected chi connectivity index (χ3v) is 11.4. The van der Waals surface area contributed by atoms with Crippen molar-refractivity contribution in [2.24, 2.45) is 0 Å². The van der Waals surface area contributed by atoms with Gasteiger partial charge in [-0.25, -0.2) is 18.4 Å². The second kappa shape index (κ2) is 9.77. The highest BCUT2D eigenvalue weighted by molar-refractivity contribution is 7.91. The van der Waals surface area contributed by atoms with E-state index in [0.29, 0.717) is 12.5 Å². The molecule has 2 aliphatic heterocycles. The fourth-order valence-corrected chi connectivity index (χ4v) is 8.75. The Morgan fingerprint density at radius 2 is 1.90 bits per heavy atom. The van der Waals surface area contributed by atoms with Crippen molar-refractivity contribution >= 4 is 38.7 Å². The number of alkyl halides is 3. The number of hydrogen-bond acceptors (Lipinski definition) is 8. The standard InChI is InChI=1S/C28H28F3N5O3S2/c29-28(30,31)20-14-33-27(34-21-11-17-13-32-7-6-16(17)10-19(21)15-4-5-15)35-24(20)22-12-23-25(40-22)26(37)36(18-2-1-3-18)8-9-41(23,38)39/h10-12,14-15,18,32H,1-9,13H2,(H,33,34,35). The van der Waals surface area contributed by atoms with Crippen LogP contribution in [0.2, 0.25) is 0 Å². The first-order valence-electron chi connectivity index (χ1n) is 13.8. The zero-order chi connectivity index (χ0) is 28.5. The number of nitrogens with one attached hydrogen (secondary N) is 2. The predicted octanol–water partition coefficient (Wildman–Crippen LogP) is 5.27. The molecule has 1 aromatic carbocycles. The van der Waals surface area contributed by atoms with Gasteiger partial charge in [-0.1, -0.05) is 6.07 Å². The van der Waals surface area contributed by atoms with Crippen LogP contribution in [0.4, 0.5) is 24.8 Å². The van der Waals surface area contributed by atoms with Gasteiger partial charge in [0.1, 0.15) is 10.4 Å². The van der Waals surface area contributed by atoms with Crippen LogP contribution in [0.5, 0.6) is 0 Å². The van der Waals surface area contributed by atoms with Crippen LogP contribution in [0.15, 0.2) is 29.3 Å². The summed E-state index contributed by atoms with van der Waals surface area (Å²) in [5, 5.41) is 6.50. The molecule has 0 unspecified atom stereocenters. The maximum atomic E-state index is 14.2. The summed E-state index contributed by atoms with van der Waals surface area (Å²) >= 11 is 0.753. The van der Waals surface area contributed by atoms with E-state index in [1.807, 2.05) is 6.07 Å². The Morgan fingerprint density at radius 3 is 2.61 bits per heavy atom. The summed E-state index contributed by atoms with van der Waals surface area (Å²) in [7, 11) is -3.87. The number of sulfone groups is 1. The van der Waals surface area contributed by atoms with Gasteiger partial charge < -0.3 is 15.5 Å². The van der Waals surface area contributed by atoms with E-state index < -0.39 is 33.2 Å². The molecule has 2 N–H and O–H groups in total. The molecule has 8 nitrogen and oxygen atoms in total. The Hall–Kier alpha value is -3.03. The van der Waals surface area contributed by atoms with E-state index in [9.17, 15) is 26.4 Å². The first-order valence-corrected chi connectivity index (χ1v) is 16.3. The Balaban J connectivity index is 1.31. The van der Waals surface area contributed by atoms with Crippen LogP contribution >= 0.6 is 11.3 Å². The average Bonchev–Trinajstić information content (AvgIpc) is 3.66. The van der Waals surface area contributed by atoms with Crippen molar-refractivity contribution in [2.75, 3.05) is 24.2 Å². The van der Waals surface area contributed by atoms with Crippen LogP contribution in [0.1, 0.15) is 69.9 Å². The number of thiophene rings is 1. The largest absolute Gasteiger partial charge is 0.420 e. The molecule has 2 saturated carbocycles. The topological polar surface area (TPSA) is 104 Å². The molecule has 0 atom stereocenters. The fourth-order valence-electron chi connectivity index (χ4n) is 5.83. The molecule has 7 rings (SSSR count). The van der Waals surface area contributed by atoms with Crippen molar-refractivity contribution < 1.29 is 26.4 Å². The molecular formula is C28H28F3N5O3S2. The fraction of sp³-hybridized carbons (Fsp3) is 0.464. The summed E-state index contributed by atoms with van der Waals surface area (Å²) in [6, 6.07) is 5.34. The number of anilines is 2. The molecule has 4 heterocycles. The lowest BCUT2D eigenvalue weighted by Gasteiger charge is -2.36. The molecule has 216 valence electrons. The highest BCUT2D eigenvalue weighted by Gasteiger charge is 2.41. The molecule has 0 spiro atoms. The van der Waals surface area contributed by atoms with Crippen molar-refractivity contribution in [3.05, 3.63) is 51.5 Å². The van der Waals surface area contributed by atoms with Gasteiger partial charge >= 0.3 is 6.18 Å². The van der Waals surface area contributed by atoms with Crippen molar-refractivity contribution in [1.29, 1.82) is 0 Å². The minimum Gasteiger partial charge on any atom is -0.334 e. The lowest BCUT2D eigenvalue weighted by atomic mass is 9.91. The number of benzene rings is 1. The van der Waals surface area contributed by atoms with Gasteiger partial charge in [0, 0.05) is 31.0 Å². The second-order valence-electron chi connectivity index (χ2n) is 11.2. The SMILES string of the molecule is O=C1c2sc(-c3nc(Nc4cc5c(cc4C4CC4)CCNC5)ncc3C(F)(F)F)cc2S(=O)(=O)CCN1C1CCC1. The van der Waals surface area contributed by atoms with Crippen molar-refractivity contribution in [3.63, 3.8) is 0 Å². The summed E-state index contributed by atoms with van der Waals surface area (Å²) in [4.78, 5) is 23.0. The normalized spacial score (nSPS) is 20.7. The molecule has 1 amide bonds. The quantitative estimate of drug-likeness (QED) is 0.409. The molecular weight excluding hydrogens is 575 g/mol. The first-order chi connectivity index (χ1) is 19.6. The number of carbonyl (C=O) groups is 1. The summed E-state index contributed by atoms with van der Waals surface area (Å²) in [5.41, 5.74) is 2.73. The number of amides is 1. The number of fused-ring (bicyclic) bond motifs is 2. The van der Waals surface area contributed by atoms with E-state index in [1.165, 1.54) is 11.6 Å². The van der Waals surface area contributed by atoms with Crippen molar-refractivity contribution in [2.45, 2.75) is 68.1 Å². The Kier molecular flexibility index (Phi) is 6.40. The van der Waals surface area contributed by atoms with Crippen LogP contribution < -0.4 is 10.6 Å². The molecule has 3 aromatic rings. The molecule has 0 bridgehead atoms. The van der Waals surface area contributed by atoms with Gasteiger partial charge in [-0.15, -0.1) is 11.3 Å². The molecule has 0 saturated heterocycles. The van der Waals surface area contributed by atoms with E-state index in [2.05, 4.69) is 26.7 Å². The predicted molar refractivity (Wildman–Crippen MR) is 148 cm³/mol. The number of nitrogens with zero attached hydrogens (tertiary/aromatic N) is 3. The average molecular weight is 604 g/mol. The van der Waals surface area contributed by atoms with Gasteiger partial charge in [-0.2, -0.15) is 13.2 Å². The van der Waals surface area contributed by atoms with Gasteiger partial charge in [0.05, 0.1) is 21.2 Å². The Labute approximate surface area is 239 Å². The molecule has 2 fully saturated rings. The van der Waals surface area contributed by atoms with E-state index >= 15 is 0 Å². The van der Waals surface area contributed by atoms with E-state index in [4.69, 9.17) is 0 Å². The Bertz CT molecular complexity index is 1660. The van der Waals surface area contributed by atoms with Gasteiger partial charge in [0.2, 0.25) is 5.95 Å². The Morgan fingerprint density at radius 1 is 1.10 bits per heavy atom. The van der Waals surface area contributed by atoms with E-state index in [0.717, 1.165) is 79.4 Å². The number of halogens is 3. The smallest absolute Gasteiger partial charge is 0.334 e. The minimum absolute atomic E-state index is 0.0208. The minimum atomic E-state index is -4.78. The van der Waals surface area contributed by atoms with Crippen LogP contribution in [0.3, 0.4) is 0 Å². The molecule has 4 aliphatic rings.